The molecule has 132 valence electrons. The van der Waals surface area contributed by atoms with Gasteiger partial charge in [0, 0.05) is 13.8 Å². The molecule has 5 atom stereocenters. The van der Waals surface area contributed by atoms with Gasteiger partial charge in [-0.15, -0.1) is 0 Å². The van der Waals surface area contributed by atoms with E-state index in [1.165, 1.54) is 6.92 Å². The first-order chi connectivity index (χ1) is 10.5. The maximum Gasteiger partial charge on any atom is 0.370 e. The van der Waals surface area contributed by atoms with Gasteiger partial charge in [0.15, 0.2) is 5.76 Å². The zero-order valence-electron chi connectivity index (χ0n) is 12.9. The van der Waals surface area contributed by atoms with Crippen LogP contribution in [0.4, 0.5) is 0 Å². The number of carboxylic acids is 1. The number of aliphatic hydroxyl groups excluding tert-OH is 4. The molecule has 0 aliphatic heterocycles. The Morgan fingerprint density at radius 3 is 1.70 bits per heavy atom. The molecule has 0 bridgehead atoms. The first-order valence-corrected chi connectivity index (χ1v) is 6.69. The zero-order chi connectivity index (χ0) is 18.3. The van der Waals surface area contributed by atoms with E-state index in [1.54, 1.807) is 0 Å². The van der Waals surface area contributed by atoms with Crippen LogP contribution < -0.4 is 10.6 Å². The number of hydrogen-bond donors (Lipinski definition) is 7. The van der Waals surface area contributed by atoms with Gasteiger partial charge in [0.2, 0.25) is 11.8 Å². The fourth-order valence-electron chi connectivity index (χ4n) is 1.89. The summed E-state index contributed by atoms with van der Waals surface area (Å²) < 4.78 is 0. The Bertz CT molecular complexity index is 477. The van der Waals surface area contributed by atoms with Crippen molar-refractivity contribution >= 4 is 17.8 Å². The lowest BCUT2D eigenvalue weighted by Gasteiger charge is -2.33. The van der Waals surface area contributed by atoms with Crippen molar-refractivity contribution in [2.45, 2.75) is 51.2 Å². The van der Waals surface area contributed by atoms with Gasteiger partial charge in [-0.05, 0) is 13.0 Å². The average Bonchev–Trinajstić information content (AvgIpc) is 2.40. The molecule has 2 amide bonds. The average molecular weight is 334 g/mol. The Balaban J connectivity index is 5.50. The molecule has 0 radical (unpaired) electrons. The summed E-state index contributed by atoms with van der Waals surface area (Å²) in [5, 5.41) is 52.0. The molecule has 0 saturated carbocycles. The van der Waals surface area contributed by atoms with Crippen molar-refractivity contribution in [1.29, 1.82) is 0 Å². The molecule has 0 rings (SSSR count). The molecule has 0 aromatic carbocycles. The van der Waals surface area contributed by atoms with E-state index in [0.29, 0.717) is 6.08 Å². The molecule has 0 aromatic heterocycles. The summed E-state index contributed by atoms with van der Waals surface area (Å²) in [6.45, 7) is 3.50. The zero-order valence-corrected chi connectivity index (χ0v) is 12.9. The van der Waals surface area contributed by atoms with E-state index in [1.807, 2.05) is 0 Å². The van der Waals surface area contributed by atoms with Crippen LogP contribution in [0.2, 0.25) is 0 Å². The predicted molar refractivity (Wildman–Crippen MR) is 77.3 cm³/mol. The highest BCUT2D eigenvalue weighted by Crippen LogP contribution is 2.11. The van der Waals surface area contributed by atoms with Crippen LogP contribution in [0, 0.1) is 0 Å². The third kappa shape index (κ3) is 7.08. The van der Waals surface area contributed by atoms with Crippen LogP contribution in [0.3, 0.4) is 0 Å². The minimum atomic E-state index is -1.79. The molecular formula is C13H22N2O8. The lowest BCUT2D eigenvalue weighted by Crippen LogP contribution is -2.60. The van der Waals surface area contributed by atoms with Crippen LogP contribution in [-0.4, -0.2) is 73.7 Å². The third-order valence-electron chi connectivity index (χ3n) is 2.91. The van der Waals surface area contributed by atoms with Crippen molar-refractivity contribution in [3.63, 3.8) is 0 Å². The summed E-state index contributed by atoms with van der Waals surface area (Å²) in [6.07, 6.45) is -4.19. The largest absolute Gasteiger partial charge is 0.502 e. The summed E-state index contributed by atoms with van der Waals surface area (Å²) in [5.74, 6) is -4.14. The number of carbonyl (C=O) groups is 3. The highest BCUT2D eigenvalue weighted by Gasteiger charge is 2.36. The lowest BCUT2D eigenvalue weighted by molar-refractivity contribution is -0.135. The first-order valence-electron chi connectivity index (χ1n) is 6.69. The number of carboxylic acid groups (broad SMARTS) is 1. The molecule has 0 aliphatic carbocycles. The van der Waals surface area contributed by atoms with Crippen LogP contribution >= 0.6 is 0 Å². The Labute approximate surface area is 132 Å². The molecule has 10 nitrogen and oxygen atoms in total. The van der Waals surface area contributed by atoms with E-state index in [-0.39, 0.29) is 0 Å². The number of carbonyl (C=O) groups excluding carboxylic acids is 2. The molecule has 0 fully saturated rings. The standard InChI is InChI=1S/C13H22N2O8/c1-5(16)10(14-6(2)17)12(21)11(15-7(3)18)8(19)4-9(20)13(22)23/h4-5,8,10-12,16,19-21H,1-3H3,(H,14,17)(H,15,18)(H,22,23)/b9-4-/t5-,8-,10+,11+,12-/m0/s1. The number of aliphatic carboxylic acids is 1. The maximum absolute atomic E-state index is 11.2. The van der Waals surface area contributed by atoms with E-state index in [4.69, 9.17) is 10.2 Å². The Hall–Kier alpha value is -2.17. The van der Waals surface area contributed by atoms with Gasteiger partial charge in [0.1, 0.15) is 0 Å². The van der Waals surface area contributed by atoms with Gasteiger partial charge in [-0.2, -0.15) is 0 Å². The Kier molecular flexibility index (Phi) is 8.22. The summed E-state index contributed by atoms with van der Waals surface area (Å²) >= 11 is 0. The Morgan fingerprint density at radius 1 is 0.913 bits per heavy atom. The molecule has 23 heavy (non-hydrogen) atoms. The lowest BCUT2D eigenvalue weighted by atomic mass is 9.94. The molecule has 0 aromatic rings. The topological polar surface area (TPSA) is 176 Å². The van der Waals surface area contributed by atoms with Crippen LogP contribution in [-0.2, 0) is 14.4 Å². The van der Waals surface area contributed by atoms with Gasteiger partial charge in [-0.1, -0.05) is 0 Å². The second-order valence-corrected chi connectivity index (χ2v) is 5.03. The van der Waals surface area contributed by atoms with Gasteiger partial charge in [0.25, 0.3) is 0 Å². The van der Waals surface area contributed by atoms with Crippen molar-refractivity contribution in [3.8, 4) is 0 Å². The quantitative estimate of drug-likeness (QED) is 0.190. The van der Waals surface area contributed by atoms with Gasteiger partial charge in [-0.25, -0.2) is 4.79 Å². The number of hydrogen-bond acceptors (Lipinski definition) is 7. The molecular weight excluding hydrogens is 312 g/mol. The molecule has 0 heterocycles. The number of nitrogens with one attached hydrogen (secondary N) is 2. The number of rotatable bonds is 8. The molecule has 7 N–H and O–H groups in total. The summed E-state index contributed by atoms with van der Waals surface area (Å²) in [4.78, 5) is 32.9. The summed E-state index contributed by atoms with van der Waals surface area (Å²) in [7, 11) is 0. The normalized spacial score (nSPS) is 18.3. The highest BCUT2D eigenvalue weighted by molar-refractivity contribution is 5.83. The summed E-state index contributed by atoms with van der Waals surface area (Å²) in [5.41, 5.74) is 0. The van der Waals surface area contributed by atoms with Crippen LogP contribution in [0.25, 0.3) is 0 Å². The smallest absolute Gasteiger partial charge is 0.370 e. The van der Waals surface area contributed by atoms with Gasteiger partial charge >= 0.3 is 5.97 Å². The minimum Gasteiger partial charge on any atom is -0.502 e. The monoisotopic (exact) mass is 334 g/mol. The van der Waals surface area contributed by atoms with Crippen molar-refractivity contribution in [3.05, 3.63) is 11.8 Å². The van der Waals surface area contributed by atoms with E-state index in [9.17, 15) is 29.7 Å². The van der Waals surface area contributed by atoms with E-state index in [2.05, 4.69) is 10.6 Å². The first kappa shape index (κ1) is 20.8. The van der Waals surface area contributed by atoms with Crippen molar-refractivity contribution in [2.24, 2.45) is 0 Å². The molecule has 0 unspecified atom stereocenters. The second kappa shape index (κ2) is 9.08. The molecule has 0 aliphatic rings. The van der Waals surface area contributed by atoms with Crippen molar-refractivity contribution in [2.75, 3.05) is 0 Å². The van der Waals surface area contributed by atoms with Gasteiger partial charge in [0.05, 0.1) is 30.4 Å². The van der Waals surface area contributed by atoms with Crippen molar-refractivity contribution in [1.82, 2.24) is 10.6 Å². The van der Waals surface area contributed by atoms with E-state index >= 15 is 0 Å². The predicted octanol–water partition coefficient (Wildman–Crippen LogP) is -2.38. The molecule has 0 saturated heterocycles. The summed E-state index contributed by atoms with van der Waals surface area (Å²) in [6, 6.07) is -2.74. The molecule has 10 heteroatoms. The third-order valence-corrected chi connectivity index (χ3v) is 2.91. The van der Waals surface area contributed by atoms with Gasteiger partial charge < -0.3 is 36.2 Å². The maximum atomic E-state index is 11.2. The van der Waals surface area contributed by atoms with Crippen LogP contribution in [0.5, 0.6) is 0 Å². The molecule has 0 spiro atoms. The Morgan fingerprint density at radius 2 is 1.35 bits per heavy atom. The number of aliphatic hydroxyl groups is 4. The van der Waals surface area contributed by atoms with Crippen molar-refractivity contribution < 1.29 is 39.9 Å². The highest BCUT2D eigenvalue weighted by atomic mass is 16.4. The SMILES string of the molecule is CC(=O)N[C@@H]([C@H](O)[C@H](NC(C)=O)[C@@H](O)/C=C(\O)C(=O)O)[C@H](C)O. The second-order valence-electron chi connectivity index (χ2n) is 5.03. The van der Waals surface area contributed by atoms with Gasteiger partial charge in [-0.3, -0.25) is 9.59 Å². The van der Waals surface area contributed by atoms with Crippen LogP contribution in [0.15, 0.2) is 11.8 Å². The van der Waals surface area contributed by atoms with Crippen LogP contribution in [0.1, 0.15) is 20.8 Å². The van der Waals surface area contributed by atoms with E-state index < -0.39 is 53.9 Å². The fourth-order valence-corrected chi connectivity index (χ4v) is 1.89. The number of amides is 2. The minimum absolute atomic E-state index is 0.513. The van der Waals surface area contributed by atoms with E-state index in [0.717, 1.165) is 13.8 Å². The fraction of sp³-hybridized carbons (Fsp3) is 0.615.